The zero-order chi connectivity index (χ0) is 19.5. The SMILES string of the molecule is Cc1cc(-c2ccc(CNc3ccccc3)cc2)sc1C(=O)N1CC[C@H](N)C1. The van der Waals surface area contributed by atoms with Crippen LogP contribution in [0.1, 0.15) is 27.2 Å². The van der Waals surface area contributed by atoms with Crippen LogP contribution in [0, 0.1) is 6.92 Å². The Bertz CT molecular complexity index is 950. The van der Waals surface area contributed by atoms with E-state index in [1.807, 2.05) is 30.0 Å². The number of rotatable bonds is 5. The minimum Gasteiger partial charge on any atom is -0.381 e. The number of benzene rings is 2. The van der Waals surface area contributed by atoms with Gasteiger partial charge in [-0.2, -0.15) is 0 Å². The Morgan fingerprint density at radius 1 is 1.18 bits per heavy atom. The van der Waals surface area contributed by atoms with Crippen molar-refractivity contribution in [3.05, 3.63) is 76.7 Å². The van der Waals surface area contributed by atoms with Gasteiger partial charge in [-0.3, -0.25) is 4.79 Å². The molecule has 4 nitrogen and oxygen atoms in total. The van der Waals surface area contributed by atoms with Gasteiger partial charge in [0.1, 0.15) is 0 Å². The van der Waals surface area contributed by atoms with E-state index in [2.05, 4.69) is 47.8 Å². The van der Waals surface area contributed by atoms with Gasteiger partial charge in [-0.15, -0.1) is 11.3 Å². The second-order valence-electron chi connectivity index (χ2n) is 7.34. The van der Waals surface area contributed by atoms with Crippen LogP contribution in [0.4, 0.5) is 5.69 Å². The van der Waals surface area contributed by atoms with Crippen LogP contribution in [0.5, 0.6) is 0 Å². The van der Waals surface area contributed by atoms with E-state index < -0.39 is 0 Å². The predicted octanol–water partition coefficient (Wildman–Crippen LogP) is 4.51. The summed E-state index contributed by atoms with van der Waals surface area (Å²) in [6, 6.07) is 21.0. The lowest BCUT2D eigenvalue weighted by atomic mass is 10.1. The van der Waals surface area contributed by atoms with Crippen LogP contribution in [0.3, 0.4) is 0 Å². The smallest absolute Gasteiger partial charge is 0.264 e. The van der Waals surface area contributed by atoms with Crippen LogP contribution in [0.15, 0.2) is 60.7 Å². The Morgan fingerprint density at radius 3 is 2.61 bits per heavy atom. The summed E-state index contributed by atoms with van der Waals surface area (Å²) < 4.78 is 0. The van der Waals surface area contributed by atoms with Gasteiger partial charge >= 0.3 is 0 Å². The lowest BCUT2D eigenvalue weighted by Crippen LogP contribution is -2.31. The van der Waals surface area contributed by atoms with Crippen molar-refractivity contribution >= 4 is 22.9 Å². The van der Waals surface area contributed by atoms with Crippen molar-refractivity contribution in [3.8, 4) is 10.4 Å². The molecule has 5 heteroatoms. The maximum Gasteiger partial charge on any atom is 0.264 e. The third kappa shape index (κ3) is 4.11. The third-order valence-electron chi connectivity index (χ3n) is 5.13. The summed E-state index contributed by atoms with van der Waals surface area (Å²) in [5, 5.41) is 3.43. The van der Waals surface area contributed by atoms with Gasteiger partial charge in [0.25, 0.3) is 5.91 Å². The predicted molar refractivity (Wildman–Crippen MR) is 117 cm³/mol. The first kappa shape index (κ1) is 18.7. The number of para-hydroxylation sites is 1. The van der Waals surface area contributed by atoms with Crippen LogP contribution < -0.4 is 11.1 Å². The Kier molecular flexibility index (Phi) is 5.46. The van der Waals surface area contributed by atoms with Crippen molar-refractivity contribution < 1.29 is 4.79 Å². The van der Waals surface area contributed by atoms with Gasteiger partial charge in [-0.1, -0.05) is 42.5 Å². The average molecular weight is 392 g/mol. The summed E-state index contributed by atoms with van der Waals surface area (Å²) >= 11 is 1.58. The highest BCUT2D eigenvalue weighted by Crippen LogP contribution is 2.32. The van der Waals surface area contributed by atoms with Gasteiger partial charge < -0.3 is 16.0 Å². The number of anilines is 1. The van der Waals surface area contributed by atoms with E-state index in [4.69, 9.17) is 5.73 Å². The average Bonchev–Trinajstić information content (AvgIpc) is 3.33. The molecule has 1 atom stereocenters. The van der Waals surface area contributed by atoms with E-state index >= 15 is 0 Å². The summed E-state index contributed by atoms with van der Waals surface area (Å²) in [5.41, 5.74) is 10.5. The molecule has 3 aromatic rings. The van der Waals surface area contributed by atoms with E-state index in [-0.39, 0.29) is 11.9 Å². The number of likely N-dealkylation sites (tertiary alicyclic amines) is 1. The molecule has 144 valence electrons. The van der Waals surface area contributed by atoms with Gasteiger partial charge in [0.05, 0.1) is 4.88 Å². The molecule has 1 aromatic heterocycles. The number of amides is 1. The number of carbonyl (C=O) groups is 1. The monoisotopic (exact) mass is 391 g/mol. The van der Waals surface area contributed by atoms with E-state index in [0.717, 1.165) is 46.1 Å². The molecule has 0 unspecified atom stereocenters. The second-order valence-corrected chi connectivity index (χ2v) is 8.39. The first-order valence-corrected chi connectivity index (χ1v) is 10.5. The molecule has 0 saturated carbocycles. The number of nitrogens with one attached hydrogen (secondary N) is 1. The Labute approximate surface area is 170 Å². The molecule has 0 spiro atoms. The standard InChI is InChI=1S/C23H25N3OS/c1-16-13-21(28-22(16)23(27)26-12-11-19(24)15-26)18-9-7-17(8-10-18)14-25-20-5-3-2-4-6-20/h2-10,13,19,25H,11-12,14-15,24H2,1H3/t19-/m0/s1. The molecule has 1 fully saturated rings. The largest absolute Gasteiger partial charge is 0.381 e. The zero-order valence-electron chi connectivity index (χ0n) is 16.0. The van der Waals surface area contributed by atoms with E-state index in [9.17, 15) is 4.79 Å². The summed E-state index contributed by atoms with van der Waals surface area (Å²) in [4.78, 5) is 16.6. The van der Waals surface area contributed by atoms with Crippen LogP contribution in [-0.4, -0.2) is 29.9 Å². The van der Waals surface area contributed by atoms with Crippen LogP contribution in [0.25, 0.3) is 10.4 Å². The van der Waals surface area contributed by atoms with Gasteiger partial charge in [0.15, 0.2) is 0 Å². The number of hydrogen-bond acceptors (Lipinski definition) is 4. The van der Waals surface area contributed by atoms with Crippen LogP contribution >= 0.6 is 11.3 Å². The quantitative estimate of drug-likeness (QED) is 0.673. The van der Waals surface area contributed by atoms with Crippen molar-refractivity contribution in [1.29, 1.82) is 0 Å². The fourth-order valence-corrected chi connectivity index (χ4v) is 4.64. The summed E-state index contributed by atoms with van der Waals surface area (Å²) in [6.45, 7) is 4.22. The molecule has 1 aliphatic rings. The molecule has 2 aromatic carbocycles. The van der Waals surface area contributed by atoms with Crippen molar-refractivity contribution in [2.75, 3.05) is 18.4 Å². The fourth-order valence-electron chi connectivity index (χ4n) is 3.50. The fraction of sp³-hybridized carbons (Fsp3) is 0.261. The van der Waals surface area contributed by atoms with Gasteiger partial charge in [0.2, 0.25) is 0 Å². The normalized spacial score (nSPS) is 16.4. The molecule has 4 rings (SSSR count). The van der Waals surface area contributed by atoms with Crippen LogP contribution in [0.2, 0.25) is 0 Å². The molecule has 2 heterocycles. The number of thiophene rings is 1. The van der Waals surface area contributed by atoms with Crippen molar-refractivity contribution in [2.45, 2.75) is 25.9 Å². The molecular formula is C23H25N3OS. The second kappa shape index (κ2) is 8.17. The lowest BCUT2D eigenvalue weighted by Gasteiger charge is -2.15. The van der Waals surface area contributed by atoms with Crippen molar-refractivity contribution in [2.24, 2.45) is 5.73 Å². The first-order chi connectivity index (χ1) is 13.6. The number of hydrogen-bond donors (Lipinski definition) is 2. The molecule has 0 aliphatic carbocycles. The minimum atomic E-state index is 0.112. The van der Waals surface area contributed by atoms with E-state index in [1.165, 1.54) is 5.56 Å². The zero-order valence-corrected chi connectivity index (χ0v) is 16.8. The Balaban J connectivity index is 1.45. The minimum absolute atomic E-state index is 0.112. The summed E-state index contributed by atoms with van der Waals surface area (Å²) in [5.74, 6) is 0.116. The molecule has 0 bridgehead atoms. The molecule has 3 N–H and O–H groups in total. The Hall–Kier alpha value is -2.63. The molecule has 28 heavy (non-hydrogen) atoms. The van der Waals surface area contributed by atoms with Gasteiger partial charge in [0, 0.05) is 36.2 Å². The lowest BCUT2D eigenvalue weighted by molar-refractivity contribution is 0.0795. The molecule has 1 amide bonds. The number of aryl methyl sites for hydroxylation is 1. The molecule has 1 saturated heterocycles. The number of nitrogens with two attached hydrogens (primary N) is 1. The van der Waals surface area contributed by atoms with Crippen molar-refractivity contribution in [1.82, 2.24) is 4.90 Å². The van der Waals surface area contributed by atoms with E-state index in [0.29, 0.717) is 6.54 Å². The first-order valence-electron chi connectivity index (χ1n) is 9.63. The highest BCUT2D eigenvalue weighted by molar-refractivity contribution is 7.17. The van der Waals surface area contributed by atoms with Crippen molar-refractivity contribution in [3.63, 3.8) is 0 Å². The summed E-state index contributed by atoms with van der Waals surface area (Å²) in [6.07, 6.45) is 0.890. The maximum atomic E-state index is 12.8. The van der Waals surface area contributed by atoms with E-state index in [1.54, 1.807) is 11.3 Å². The number of carbonyl (C=O) groups excluding carboxylic acids is 1. The molecule has 0 radical (unpaired) electrons. The summed E-state index contributed by atoms with van der Waals surface area (Å²) in [7, 11) is 0. The van der Waals surface area contributed by atoms with Gasteiger partial charge in [-0.05, 0) is 48.2 Å². The highest BCUT2D eigenvalue weighted by atomic mass is 32.1. The maximum absolute atomic E-state index is 12.8. The highest BCUT2D eigenvalue weighted by Gasteiger charge is 2.26. The molecule has 1 aliphatic heterocycles. The molecular weight excluding hydrogens is 366 g/mol. The van der Waals surface area contributed by atoms with Gasteiger partial charge in [-0.25, -0.2) is 0 Å². The van der Waals surface area contributed by atoms with Crippen LogP contribution in [-0.2, 0) is 6.54 Å². The Morgan fingerprint density at radius 2 is 1.93 bits per heavy atom. The number of nitrogens with zero attached hydrogens (tertiary/aromatic N) is 1. The topological polar surface area (TPSA) is 58.4 Å². The third-order valence-corrected chi connectivity index (χ3v) is 6.41.